The number of aryl methyl sites for hydroxylation is 1. The Hall–Kier alpha value is -1.13. The summed E-state index contributed by atoms with van der Waals surface area (Å²) in [5.41, 5.74) is 3.71. The summed E-state index contributed by atoms with van der Waals surface area (Å²) in [6, 6.07) is 9.14. The molecule has 0 aliphatic heterocycles. The second-order valence-corrected chi connectivity index (χ2v) is 6.13. The lowest BCUT2D eigenvalue weighted by Crippen LogP contribution is -2.15. The molecule has 4 heteroatoms. The molecule has 1 N–H and O–H groups in total. The fourth-order valence-electron chi connectivity index (χ4n) is 2.13. The molecule has 1 saturated carbocycles. The Morgan fingerprint density at radius 2 is 2.05 bits per heavy atom. The van der Waals surface area contributed by atoms with Gasteiger partial charge >= 0.3 is 0 Å². The number of hydrogen-bond acceptors (Lipinski definition) is 2. The van der Waals surface area contributed by atoms with E-state index < -0.39 is 0 Å². The molecule has 100 valence electrons. The average molecular weight is 320 g/mol. The highest BCUT2D eigenvalue weighted by molar-refractivity contribution is 9.10. The molecule has 1 fully saturated rings. The molecule has 0 radical (unpaired) electrons. The van der Waals surface area contributed by atoms with Gasteiger partial charge in [0.15, 0.2) is 0 Å². The third-order valence-corrected chi connectivity index (χ3v) is 3.99. The molecule has 3 rings (SSSR count). The SMILES string of the molecule is Cc1nn(Cc2ccc(Br)cc2)cc1CNC1CC1. The highest BCUT2D eigenvalue weighted by Gasteiger charge is 2.20. The summed E-state index contributed by atoms with van der Waals surface area (Å²) < 4.78 is 3.14. The van der Waals surface area contributed by atoms with Gasteiger partial charge in [-0.1, -0.05) is 28.1 Å². The first-order chi connectivity index (χ1) is 9.20. The average Bonchev–Trinajstić information content (AvgIpc) is 3.15. The molecule has 0 amide bonds. The highest BCUT2D eigenvalue weighted by Crippen LogP contribution is 2.20. The predicted molar refractivity (Wildman–Crippen MR) is 80.1 cm³/mol. The van der Waals surface area contributed by atoms with Crippen LogP contribution in [0.4, 0.5) is 0 Å². The molecule has 0 unspecified atom stereocenters. The standard InChI is InChI=1S/C15H18BrN3/c1-11-13(8-17-15-6-7-15)10-19(18-11)9-12-2-4-14(16)5-3-12/h2-5,10,15,17H,6-9H2,1H3. The van der Waals surface area contributed by atoms with Crippen molar-refractivity contribution in [1.29, 1.82) is 0 Å². The molecule has 0 atom stereocenters. The Labute approximate surface area is 122 Å². The van der Waals surface area contributed by atoms with Crippen LogP contribution in [0, 0.1) is 6.92 Å². The highest BCUT2D eigenvalue weighted by atomic mass is 79.9. The van der Waals surface area contributed by atoms with Crippen molar-refractivity contribution in [2.24, 2.45) is 0 Å². The van der Waals surface area contributed by atoms with Crippen LogP contribution in [-0.4, -0.2) is 15.8 Å². The van der Waals surface area contributed by atoms with Crippen LogP contribution in [0.3, 0.4) is 0 Å². The number of halogens is 1. The minimum absolute atomic E-state index is 0.745. The van der Waals surface area contributed by atoms with Crippen molar-refractivity contribution in [3.63, 3.8) is 0 Å². The molecule has 19 heavy (non-hydrogen) atoms. The molecular formula is C15H18BrN3. The number of benzene rings is 1. The van der Waals surface area contributed by atoms with Gasteiger partial charge in [-0.15, -0.1) is 0 Å². The first-order valence-electron chi connectivity index (χ1n) is 6.71. The van der Waals surface area contributed by atoms with Crippen molar-refractivity contribution in [2.45, 2.75) is 38.9 Å². The molecule has 0 bridgehead atoms. The minimum atomic E-state index is 0.745. The van der Waals surface area contributed by atoms with E-state index in [2.05, 4.69) is 63.7 Å². The third-order valence-electron chi connectivity index (χ3n) is 3.46. The monoisotopic (exact) mass is 319 g/mol. The quantitative estimate of drug-likeness (QED) is 0.916. The van der Waals surface area contributed by atoms with Crippen LogP contribution in [0.15, 0.2) is 34.9 Å². The Balaban J connectivity index is 1.66. The van der Waals surface area contributed by atoms with E-state index in [-0.39, 0.29) is 0 Å². The third kappa shape index (κ3) is 3.45. The van der Waals surface area contributed by atoms with Crippen molar-refractivity contribution < 1.29 is 0 Å². The Bertz CT molecular complexity index is 555. The smallest absolute Gasteiger partial charge is 0.0659 e. The van der Waals surface area contributed by atoms with Gasteiger partial charge in [0, 0.05) is 28.8 Å². The zero-order chi connectivity index (χ0) is 13.2. The van der Waals surface area contributed by atoms with Crippen LogP contribution in [0.5, 0.6) is 0 Å². The van der Waals surface area contributed by atoms with Gasteiger partial charge in [0.2, 0.25) is 0 Å². The normalized spacial score (nSPS) is 14.8. The van der Waals surface area contributed by atoms with E-state index in [4.69, 9.17) is 0 Å². The molecule has 0 spiro atoms. The molecule has 1 aliphatic carbocycles. The fraction of sp³-hybridized carbons (Fsp3) is 0.400. The van der Waals surface area contributed by atoms with Crippen LogP contribution in [0.2, 0.25) is 0 Å². The number of hydrogen-bond donors (Lipinski definition) is 1. The van der Waals surface area contributed by atoms with E-state index in [1.165, 1.54) is 24.0 Å². The lowest BCUT2D eigenvalue weighted by molar-refractivity contribution is 0.674. The summed E-state index contributed by atoms with van der Waals surface area (Å²) in [6.07, 6.45) is 4.81. The zero-order valence-electron chi connectivity index (χ0n) is 11.1. The van der Waals surface area contributed by atoms with Crippen LogP contribution < -0.4 is 5.32 Å². The van der Waals surface area contributed by atoms with E-state index in [1.807, 2.05) is 4.68 Å². The maximum absolute atomic E-state index is 4.59. The van der Waals surface area contributed by atoms with Crippen molar-refractivity contribution in [1.82, 2.24) is 15.1 Å². The van der Waals surface area contributed by atoms with Crippen LogP contribution >= 0.6 is 15.9 Å². The van der Waals surface area contributed by atoms with E-state index >= 15 is 0 Å². The van der Waals surface area contributed by atoms with Crippen molar-refractivity contribution in [3.8, 4) is 0 Å². The van der Waals surface area contributed by atoms with Crippen LogP contribution in [0.1, 0.15) is 29.7 Å². The summed E-state index contributed by atoms with van der Waals surface area (Å²) >= 11 is 3.46. The van der Waals surface area contributed by atoms with Gasteiger partial charge in [-0.2, -0.15) is 5.10 Å². The summed E-state index contributed by atoms with van der Waals surface area (Å²) in [5, 5.41) is 8.13. The van der Waals surface area contributed by atoms with Gasteiger partial charge in [-0.3, -0.25) is 4.68 Å². The van der Waals surface area contributed by atoms with Gasteiger partial charge in [-0.25, -0.2) is 0 Å². The second kappa shape index (κ2) is 5.47. The molecule has 0 saturated heterocycles. The largest absolute Gasteiger partial charge is 0.310 e. The van der Waals surface area contributed by atoms with Gasteiger partial charge in [0.1, 0.15) is 0 Å². The van der Waals surface area contributed by atoms with E-state index in [0.29, 0.717) is 0 Å². The van der Waals surface area contributed by atoms with E-state index in [0.717, 1.165) is 29.3 Å². The summed E-state index contributed by atoms with van der Waals surface area (Å²) in [6.45, 7) is 3.86. The summed E-state index contributed by atoms with van der Waals surface area (Å²) in [7, 11) is 0. The van der Waals surface area contributed by atoms with E-state index in [9.17, 15) is 0 Å². The van der Waals surface area contributed by atoms with E-state index in [1.54, 1.807) is 0 Å². The summed E-state index contributed by atoms with van der Waals surface area (Å²) in [4.78, 5) is 0. The Morgan fingerprint density at radius 3 is 2.74 bits per heavy atom. The molecular weight excluding hydrogens is 302 g/mol. The maximum atomic E-state index is 4.59. The van der Waals surface area contributed by atoms with Crippen molar-refractivity contribution >= 4 is 15.9 Å². The lowest BCUT2D eigenvalue weighted by Gasteiger charge is -2.02. The Morgan fingerprint density at radius 1 is 1.32 bits per heavy atom. The van der Waals surface area contributed by atoms with Crippen molar-refractivity contribution in [2.75, 3.05) is 0 Å². The van der Waals surface area contributed by atoms with Crippen LogP contribution in [-0.2, 0) is 13.1 Å². The number of nitrogens with zero attached hydrogens (tertiary/aromatic N) is 2. The van der Waals surface area contributed by atoms with Gasteiger partial charge in [0.25, 0.3) is 0 Å². The van der Waals surface area contributed by atoms with Crippen molar-refractivity contribution in [3.05, 3.63) is 51.8 Å². The second-order valence-electron chi connectivity index (χ2n) is 5.22. The molecule has 2 aromatic rings. The number of nitrogens with one attached hydrogen (secondary N) is 1. The molecule has 1 aliphatic rings. The van der Waals surface area contributed by atoms with Crippen LogP contribution in [0.25, 0.3) is 0 Å². The Kier molecular flexibility index (Phi) is 3.71. The molecule has 1 aromatic carbocycles. The lowest BCUT2D eigenvalue weighted by atomic mass is 10.2. The zero-order valence-corrected chi connectivity index (χ0v) is 12.7. The maximum Gasteiger partial charge on any atom is 0.0659 e. The topological polar surface area (TPSA) is 29.9 Å². The molecule has 1 aromatic heterocycles. The number of rotatable bonds is 5. The van der Waals surface area contributed by atoms with Gasteiger partial charge in [-0.05, 0) is 37.5 Å². The molecule has 1 heterocycles. The first kappa shape index (κ1) is 12.9. The van der Waals surface area contributed by atoms with Gasteiger partial charge in [0.05, 0.1) is 12.2 Å². The fourth-order valence-corrected chi connectivity index (χ4v) is 2.40. The predicted octanol–water partition coefficient (Wildman–Crippen LogP) is 3.25. The first-order valence-corrected chi connectivity index (χ1v) is 7.51. The molecule has 3 nitrogen and oxygen atoms in total. The summed E-state index contributed by atoms with van der Waals surface area (Å²) in [5.74, 6) is 0. The van der Waals surface area contributed by atoms with Gasteiger partial charge < -0.3 is 5.32 Å². The minimum Gasteiger partial charge on any atom is -0.310 e. The number of aromatic nitrogens is 2.